The molecule has 0 aromatic heterocycles. The molecule has 1 saturated heterocycles. The first-order valence-corrected chi connectivity index (χ1v) is 7.30. The van der Waals surface area contributed by atoms with Crippen molar-refractivity contribution < 1.29 is 22.7 Å². The van der Waals surface area contributed by atoms with Crippen LogP contribution in [-0.2, 0) is 6.18 Å². The van der Waals surface area contributed by atoms with E-state index in [0.717, 1.165) is 12.1 Å². The van der Waals surface area contributed by atoms with Crippen molar-refractivity contribution >= 4 is 18.3 Å². The summed E-state index contributed by atoms with van der Waals surface area (Å²) in [5.74, 6) is -0.322. The number of hydrogen-bond donors (Lipinski definition) is 1. The molecule has 1 N–H and O–H groups in total. The number of nitrogens with one attached hydrogen (secondary N) is 1. The minimum absolute atomic E-state index is 0. The van der Waals surface area contributed by atoms with Crippen LogP contribution < -0.4 is 10.1 Å². The van der Waals surface area contributed by atoms with Crippen LogP contribution in [0.2, 0.25) is 0 Å². The molecule has 8 heteroatoms. The largest absolute Gasteiger partial charge is 0.489 e. The summed E-state index contributed by atoms with van der Waals surface area (Å²) in [5, 5.41) is 3.18. The van der Waals surface area contributed by atoms with E-state index in [-0.39, 0.29) is 36.4 Å². The maximum atomic E-state index is 12.9. The number of ether oxygens (including phenoxy) is 1. The van der Waals surface area contributed by atoms with Gasteiger partial charge in [0.15, 0.2) is 0 Å². The summed E-state index contributed by atoms with van der Waals surface area (Å²) >= 11 is 0. The first-order chi connectivity index (χ1) is 10.8. The molecule has 1 aliphatic rings. The third-order valence-corrected chi connectivity index (χ3v) is 3.55. The van der Waals surface area contributed by atoms with Crippen LogP contribution in [0.3, 0.4) is 0 Å². The number of benzene rings is 1. The molecule has 1 amide bonds. The van der Waals surface area contributed by atoms with Crippen molar-refractivity contribution in [2.75, 3.05) is 26.2 Å². The number of nitrogens with zero attached hydrogens (tertiary/aromatic N) is 1. The molecule has 1 aliphatic heterocycles. The summed E-state index contributed by atoms with van der Waals surface area (Å²) < 4.78 is 44.1. The van der Waals surface area contributed by atoms with E-state index in [1.54, 1.807) is 0 Å². The summed E-state index contributed by atoms with van der Waals surface area (Å²) in [6.07, 6.45) is -3.04. The van der Waals surface area contributed by atoms with Crippen LogP contribution in [0.15, 0.2) is 30.9 Å². The number of alkyl halides is 3. The van der Waals surface area contributed by atoms with Gasteiger partial charge in [0.1, 0.15) is 12.4 Å². The Labute approximate surface area is 145 Å². The zero-order valence-corrected chi connectivity index (χ0v) is 14.0. The molecule has 0 bridgehead atoms. The Kier molecular flexibility index (Phi) is 7.10. The molecule has 0 saturated carbocycles. The van der Waals surface area contributed by atoms with Crippen LogP contribution in [0.5, 0.6) is 5.75 Å². The van der Waals surface area contributed by atoms with Gasteiger partial charge in [-0.05, 0) is 25.1 Å². The average molecular weight is 365 g/mol. The lowest BCUT2D eigenvalue weighted by molar-refractivity contribution is -0.137. The summed E-state index contributed by atoms with van der Waals surface area (Å²) in [6, 6.07) is 3.05. The molecule has 4 nitrogen and oxygen atoms in total. The summed E-state index contributed by atoms with van der Waals surface area (Å²) in [4.78, 5) is 14.2. The Morgan fingerprint density at radius 3 is 2.79 bits per heavy atom. The van der Waals surface area contributed by atoms with Crippen LogP contribution in [0.4, 0.5) is 13.2 Å². The molecule has 1 aromatic carbocycles. The first-order valence-electron chi connectivity index (χ1n) is 7.30. The van der Waals surface area contributed by atoms with Crippen LogP contribution in [0.25, 0.3) is 0 Å². The van der Waals surface area contributed by atoms with Crippen molar-refractivity contribution in [1.82, 2.24) is 10.2 Å². The van der Waals surface area contributed by atoms with Crippen LogP contribution in [-0.4, -0.2) is 43.1 Å². The van der Waals surface area contributed by atoms with Gasteiger partial charge in [0.05, 0.1) is 11.1 Å². The van der Waals surface area contributed by atoms with E-state index in [2.05, 4.69) is 11.9 Å². The van der Waals surface area contributed by atoms with E-state index in [0.29, 0.717) is 19.6 Å². The summed E-state index contributed by atoms with van der Waals surface area (Å²) in [7, 11) is 0. The molecule has 0 aliphatic carbocycles. The number of hydrogen-bond acceptors (Lipinski definition) is 3. The minimum Gasteiger partial charge on any atom is -0.489 e. The Morgan fingerprint density at radius 1 is 1.50 bits per heavy atom. The molecular formula is C16H20ClF3N2O2. The Morgan fingerprint density at radius 2 is 2.21 bits per heavy atom. The van der Waals surface area contributed by atoms with Gasteiger partial charge in [-0.25, -0.2) is 0 Å². The summed E-state index contributed by atoms with van der Waals surface area (Å²) in [5.41, 5.74) is -0.939. The van der Waals surface area contributed by atoms with E-state index in [9.17, 15) is 18.0 Å². The zero-order chi connectivity index (χ0) is 17.0. The number of carbonyl (C=O) groups excluding carboxylic acids is 1. The van der Waals surface area contributed by atoms with Crippen molar-refractivity contribution in [1.29, 1.82) is 0 Å². The van der Waals surface area contributed by atoms with E-state index >= 15 is 0 Å². The highest BCUT2D eigenvalue weighted by Gasteiger charge is 2.33. The Bertz CT molecular complexity index is 593. The Balaban J connectivity index is 0.00000288. The number of carbonyl (C=O) groups is 1. The SMILES string of the molecule is C=CCOc1ccc(C(F)(F)F)cc1C(=O)N1CCNC(C)C1.Cl. The molecule has 1 aromatic rings. The Hall–Kier alpha value is -1.73. The predicted octanol–water partition coefficient (Wildman–Crippen LogP) is 3.13. The van der Waals surface area contributed by atoms with Crippen LogP contribution >= 0.6 is 12.4 Å². The number of halogens is 4. The van der Waals surface area contributed by atoms with Gasteiger partial charge in [0.25, 0.3) is 5.91 Å². The smallest absolute Gasteiger partial charge is 0.416 e. The monoisotopic (exact) mass is 364 g/mol. The molecule has 1 fully saturated rings. The highest BCUT2D eigenvalue weighted by atomic mass is 35.5. The van der Waals surface area contributed by atoms with Gasteiger partial charge in [-0.3, -0.25) is 4.79 Å². The van der Waals surface area contributed by atoms with Gasteiger partial charge in [0.2, 0.25) is 0 Å². The summed E-state index contributed by atoms with van der Waals surface area (Å²) in [6.45, 7) is 7.02. The highest BCUT2D eigenvalue weighted by Crippen LogP contribution is 2.33. The fraction of sp³-hybridized carbons (Fsp3) is 0.438. The highest BCUT2D eigenvalue weighted by molar-refractivity contribution is 5.97. The van der Waals surface area contributed by atoms with Crippen molar-refractivity contribution in [3.8, 4) is 5.75 Å². The minimum atomic E-state index is -4.51. The fourth-order valence-corrected chi connectivity index (χ4v) is 2.44. The van der Waals surface area contributed by atoms with Gasteiger partial charge < -0.3 is 15.0 Å². The second-order valence-corrected chi connectivity index (χ2v) is 5.41. The molecule has 0 spiro atoms. The van der Waals surface area contributed by atoms with Gasteiger partial charge in [0, 0.05) is 25.7 Å². The number of rotatable bonds is 4. The third-order valence-electron chi connectivity index (χ3n) is 3.55. The second kappa shape index (κ2) is 8.39. The topological polar surface area (TPSA) is 41.6 Å². The molecule has 1 heterocycles. The van der Waals surface area contributed by atoms with Gasteiger partial charge >= 0.3 is 6.18 Å². The second-order valence-electron chi connectivity index (χ2n) is 5.41. The molecule has 2 rings (SSSR count). The van der Waals surface area contributed by atoms with Crippen LogP contribution in [0, 0.1) is 0 Å². The fourth-order valence-electron chi connectivity index (χ4n) is 2.44. The van der Waals surface area contributed by atoms with E-state index in [1.807, 2.05) is 6.92 Å². The number of amides is 1. The lowest BCUT2D eigenvalue weighted by atomic mass is 10.1. The average Bonchev–Trinajstić information content (AvgIpc) is 2.51. The molecule has 1 unspecified atom stereocenters. The lowest BCUT2D eigenvalue weighted by Gasteiger charge is -2.32. The third kappa shape index (κ3) is 4.88. The van der Waals surface area contributed by atoms with Crippen molar-refractivity contribution in [3.63, 3.8) is 0 Å². The standard InChI is InChI=1S/C16H19F3N2O2.ClH/c1-3-8-23-14-5-4-12(16(17,18)19)9-13(14)15(22)21-7-6-20-11(2)10-21;/h3-5,9,11,20H,1,6-8,10H2,2H3;1H. The predicted molar refractivity (Wildman–Crippen MR) is 87.8 cm³/mol. The van der Waals surface area contributed by atoms with Gasteiger partial charge in [-0.2, -0.15) is 13.2 Å². The first kappa shape index (κ1) is 20.3. The van der Waals surface area contributed by atoms with Crippen molar-refractivity contribution in [2.24, 2.45) is 0 Å². The lowest BCUT2D eigenvalue weighted by Crippen LogP contribution is -2.51. The molecule has 134 valence electrons. The quantitative estimate of drug-likeness (QED) is 0.835. The van der Waals surface area contributed by atoms with Gasteiger partial charge in [-0.1, -0.05) is 12.7 Å². The maximum Gasteiger partial charge on any atom is 0.416 e. The van der Waals surface area contributed by atoms with E-state index in [1.165, 1.54) is 17.0 Å². The van der Waals surface area contributed by atoms with Gasteiger partial charge in [-0.15, -0.1) is 12.4 Å². The molecule has 0 radical (unpaired) electrons. The van der Waals surface area contributed by atoms with Crippen LogP contribution in [0.1, 0.15) is 22.8 Å². The van der Waals surface area contributed by atoms with E-state index < -0.39 is 17.6 Å². The normalized spacial score (nSPS) is 17.8. The zero-order valence-electron chi connectivity index (χ0n) is 13.2. The van der Waals surface area contributed by atoms with E-state index in [4.69, 9.17) is 4.74 Å². The molecule has 1 atom stereocenters. The number of piperazine rings is 1. The molecule has 24 heavy (non-hydrogen) atoms. The molecular weight excluding hydrogens is 345 g/mol. The maximum absolute atomic E-state index is 12.9. The van der Waals surface area contributed by atoms with Crippen molar-refractivity contribution in [3.05, 3.63) is 42.0 Å². The van der Waals surface area contributed by atoms with Crippen molar-refractivity contribution in [2.45, 2.75) is 19.1 Å².